The van der Waals surface area contributed by atoms with E-state index in [1.807, 2.05) is 67.6 Å². The highest BCUT2D eigenvalue weighted by Crippen LogP contribution is 2.17. The summed E-state index contributed by atoms with van der Waals surface area (Å²) in [6.07, 6.45) is 1.22. The van der Waals surface area contributed by atoms with Gasteiger partial charge in [-0.2, -0.15) is 0 Å². The largest absolute Gasteiger partial charge is 0.484 e. The van der Waals surface area contributed by atoms with Gasteiger partial charge in [0, 0.05) is 24.5 Å². The monoisotopic (exact) mass is 464 g/mol. The number of ether oxygens (including phenoxy) is 1. The molecule has 2 amide bonds. The Kier molecular flexibility index (Phi) is 9.33. The molecule has 3 aromatic rings. The third-order valence-electron chi connectivity index (χ3n) is 5.19. The van der Waals surface area contributed by atoms with Gasteiger partial charge in [0.1, 0.15) is 11.8 Å². The lowest BCUT2D eigenvalue weighted by atomic mass is 10.0. The molecule has 0 spiro atoms. The fourth-order valence-corrected chi connectivity index (χ4v) is 3.58. The molecule has 0 radical (unpaired) electrons. The molecule has 33 heavy (non-hydrogen) atoms. The molecule has 0 saturated heterocycles. The first-order chi connectivity index (χ1) is 16.1. The Labute approximate surface area is 200 Å². The summed E-state index contributed by atoms with van der Waals surface area (Å²) in [4.78, 5) is 28.2. The van der Waals surface area contributed by atoms with Gasteiger partial charge in [-0.3, -0.25) is 9.59 Å². The minimum atomic E-state index is -0.679. The Balaban J connectivity index is 1.87. The van der Waals surface area contributed by atoms with Gasteiger partial charge >= 0.3 is 0 Å². The van der Waals surface area contributed by atoms with E-state index in [9.17, 15) is 9.59 Å². The summed E-state index contributed by atoms with van der Waals surface area (Å²) in [5.74, 6) is 0.163. The zero-order valence-electron chi connectivity index (χ0n) is 18.7. The fourth-order valence-electron chi connectivity index (χ4n) is 3.45. The molecule has 0 aliphatic carbocycles. The van der Waals surface area contributed by atoms with Crippen molar-refractivity contribution < 1.29 is 14.3 Å². The van der Waals surface area contributed by atoms with Crippen molar-refractivity contribution in [3.63, 3.8) is 0 Å². The second kappa shape index (κ2) is 12.7. The maximum absolute atomic E-state index is 13.4. The number of rotatable bonds is 11. The van der Waals surface area contributed by atoms with E-state index in [1.165, 1.54) is 0 Å². The molecule has 1 N–H and O–H groups in total. The standard InChI is InChI=1S/C27H29ClN2O3/c1-2-17-29-27(32)25(18-21-9-5-3-6-10-21)30(19-22-13-15-23(28)16-14-22)26(31)20-33-24-11-7-4-8-12-24/h3-16,25H,2,17-20H2,1H3,(H,29,32)/t25-/m0/s1. The van der Waals surface area contributed by atoms with Gasteiger partial charge in [-0.05, 0) is 41.8 Å². The molecule has 0 saturated carbocycles. The summed E-state index contributed by atoms with van der Waals surface area (Å²) in [6.45, 7) is 2.65. The van der Waals surface area contributed by atoms with E-state index < -0.39 is 6.04 Å². The highest BCUT2D eigenvalue weighted by Gasteiger charge is 2.30. The van der Waals surface area contributed by atoms with E-state index in [1.54, 1.807) is 29.2 Å². The molecule has 3 rings (SSSR count). The van der Waals surface area contributed by atoms with Crippen LogP contribution in [0.2, 0.25) is 5.02 Å². The van der Waals surface area contributed by atoms with E-state index in [0.717, 1.165) is 17.5 Å². The summed E-state index contributed by atoms with van der Waals surface area (Å²) < 4.78 is 5.72. The Morgan fingerprint density at radius 2 is 1.55 bits per heavy atom. The third-order valence-corrected chi connectivity index (χ3v) is 5.44. The lowest BCUT2D eigenvalue weighted by Gasteiger charge is -2.31. The first kappa shape index (κ1) is 24.3. The van der Waals surface area contributed by atoms with Crippen molar-refractivity contribution in [2.45, 2.75) is 32.4 Å². The predicted octanol–water partition coefficient (Wildman–Crippen LogP) is 4.89. The lowest BCUT2D eigenvalue weighted by Crippen LogP contribution is -2.51. The number of hydrogen-bond acceptors (Lipinski definition) is 3. The van der Waals surface area contributed by atoms with Crippen molar-refractivity contribution in [2.75, 3.05) is 13.2 Å². The highest BCUT2D eigenvalue weighted by molar-refractivity contribution is 6.30. The van der Waals surface area contributed by atoms with E-state index >= 15 is 0 Å². The van der Waals surface area contributed by atoms with Crippen LogP contribution in [0.3, 0.4) is 0 Å². The molecule has 172 valence electrons. The average Bonchev–Trinajstić information content (AvgIpc) is 2.85. The molecule has 0 bridgehead atoms. The van der Waals surface area contributed by atoms with Crippen LogP contribution < -0.4 is 10.1 Å². The van der Waals surface area contributed by atoms with E-state index in [4.69, 9.17) is 16.3 Å². The quantitative estimate of drug-likeness (QED) is 0.439. The van der Waals surface area contributed by atoms with Crippen LogP contribution >= 0.6 is 11.6 Å². The van der Waals surface area contributed by atoms with Gasteiger partial charge in [-0.25, -0.2) is 0 Å². The first-order valence-corrected chi connectivity index (χ1v) is 11.5. The van der Waals surface area contributed by atoms with Gasteiger partial charge in [0.05, 0.1) is 0 Å². The molecule has 0 aromatic heterocycles. The predicted molar refractivity (Wildman–Crippen MR) is 131 cm³/mol. The molecule has 3 aromatic carbocycles. The van der Waals surface area contributed by atoms with Gasteiger partial charge in [0.25, 0.3) is 5.91 Å². The molecular weight excluding hydrogens is 436 g/mol. The molecule has 6 heteroatoms. The zero-order chi connectivity index (χ0) is 23.5. The maximum atomic E-state index is 13.4. The Morgan fingerprint density at radius 3 is 2.18 bits per heavy atom. The van der Waals surface area contributed by atoms with Crippen molar-refractivity contribution >= 4 is 23.4 Å². The van der Waals surface area contributed by atoms with Crippen molar-refractivity contribution in [1.29, 1.82) is 0 Å². The molecule has 0 fully saturated rings. The summed E-state index contributed by atoms with van der Waals surface area (Å²) >= 11 is 6.04. The fraction of sp³-hybridized carbons (Fsp3) is 0.259. The van der Waals surface area contributed by atoms with Crippen molar-refractivity contribution in [2.24, 2.45) is 0 Å². The van der Waals surface area contributed by atoms with E-state index in [-0.39, 0.29) is 25.0 Å². The summed E-state index contributed by atoms with van der Waals surface area (Å²) in [5, 5.41) is 3.58. The average molecular weight is 465 g/mol. The number of para-hydroxylation sites is 1. The molecule has 0 aliphatic rings. The van der Waals surface area contributed by atoms with E-state index in [0.29, 0.717) is 23.7 Å². The zero-order valence-corrected chi connectivity index (χ0v) is 19.5. The van der Waals surface area contributed by atoms with Crippen LogP contribution in [0.5, 0.6) is 5.75 Å². The SMILES string of the molecule is CCCNC(=O)[C@H](Cc1ccccc1)N(Cc1ccc(Cl)cc1)C(=O)COc1ccccc1. The smallest absolute Gasteiger partial charge is 0.261 e. The van der Waals surface area contributed by atoms with Crippen molar-refractivity contribution in [3.05, 3.63) is 101 Å². The number of amides is 2. The molecular formula is C27H29ClN2O3. The normalized spacial score (nSPS) is 11.5. The van der Waals surface area contributed by atoms with Crippen molar-refractivity contribution in [3.8, 4) is 5.75 Å². The third kappa shape index (κ3) is 7.65. The number of hydrogen-bond donors (Lipinski definition) is 1. The second-order valence-electron chi connectivity index (χ2n) is 7.75. The number of carbonyl (C=O) groups excluding carboxylic acids is 2. The molecule has 1 atom stereocenters. The van der Waals surface area contributed by atoms with Gasteiger partial charge in [0.2, 0.25) is 5.91 Å². The molecule has 0 heterocycles. The number of halogens is 1. The van der Waals surface area contributed by atoms with Crippen LogP contribution in [0.4, 0.5) is 0 Å². The first-order valence-electron chi connectivity index (χ1n) is 11.1. The van der Waals surface area contributed by atoms with Crippen LogP contribution in [-0.2, 0) is 22.6 Å². The van der Waals surface area contributed by atoms with Gasteiger partial charge in [-0.1, -0.05) is 79.2 Å². The summed E-state index contributed by atoms with van der Waals surface area (Å²) in [7, 11) is 0. The van der Waals surface area contributed by atoms with Gasteiger partial charge in [-0.15, -0.1) is 0 Å². The number of benzene rings is 3. The number of nitrogens with one attached hydrogen (secondary N) is 1. The summed E-state index contributed by atoms with van der Waals surface area (Å²) in [6, 6.07) is 25.5. The molecule has 0 aliphatic heterocycles. The summed E-state index contributed by atoms with van der Waals surface area (Å²) in [5.41, 5.74) is 1.86. The molecule has 0 unspecified atom stereocenters. The van der Waals surface area contributed by atoms with Crippen LogP contribution in [0.15, 0.2) is 84.9 Å². The van der Waals surface area contributed by atoms with Crippen LogP contribution in [-0.4, -0.2) is 35.9 Å². The van der Waals surface area contributed by atoms with Crippen molar-refractivity contribution in [1.82, 2.24) is 10.2 Å². The highest BCUT2D eigenvalue weighted by atomic mass is 35.5. The van der Waals surface area contributed by atoms with Gasteiger partial charge < -0.3 is 15.0 Å². The van der Waals surface area contributed by atoms with Gasteiger partial charge in [0.15, 0.2) is 6.61 Å². The Morgan fingerprint density at radius 1 is 0.909 bits per heavy atom. The van der Waals surface area contributed by atoms with E-state index in [2.05, 4.69) is 5.32 Å². The topological polar surface area (TPSA) is 58.6 Å². The van der Waals surface area contributed by atoms with Crippen LogP contribution in [0.25, 0.3) is 0 Å². The minimum absolute atomic E-state index is 0.163. The minimum Gasteiger partial charge on any atom is -0.484 e. The number of carbonyl (C=O) groups is 2. The van der Waals surface area contributed by atoms with Crippen LogP contribution in [0.1, 0.15) is 24.5 Å². The molecule has 5 nitrogen and oxygen atoms in total. The lowest BCUT2D eigenvalue weighted by molar-refractivity contribution is -0.142. The number of nitrogens with zero attached hydrogens (tertiary/aromatic N) is 1. The Bertz CT molecular complexity index is 1010. The Hall–Kier alpha value is -3.31. The second-order valence-corrected chi connectivity index (χ2v) is 8.18. The maximum Gasteiger partial charge on any atom is 0.261 e. The van der Waals surface area contributed by atoms with Crippen LogP contribution in [0, 0.1) is 0 Å².